The highest BCUT2D eigenvalue weighted by atomic mass is 35.5. The smallest absolute Gasteiger partial charge is 0.417 e. The Bertz CT molecular complexity index is 762. The highest BCUT2D eigenvalue weighted by molar-refractivity contribution is 6.31. The summed E-state index contributed by atoms with van der Waals surface area (Å²) < 4.78 is 44.0. The van der Waals surface area contributed by atoms with Crippen LogP contribution in [0.15, 0.2) is 42.5 Å². The number of carbonyl (C=O) groups is 1. The number of ether oxygens (including phenoxy) is 1. The quantitative estimate of drug-likeness (QED) is 0.717. The fourth-order valence-electron chi connectivity index (χ4n) is 2.13. The van der Waals surface area contributed by atoms with Gasteiger partial charge < -0.3 is 15.4 Å². The Morgan fingerprint density at radius 2 is 1.73 bits per heavy atom. The molecule has 1 amide bonds. The summed E-state index contributed by atoms with van der Waals surface area (Å²) in [6, 6.07) is 10.2. The Labute approximate surface area is 154 Å². The largest absolute Gasteiger partial charge is 0.491 e. The van der Waals surface area contributed by atoms with E-state index in [0.29, 0.717) is 11.4 Å². The van der Waals surface area contributed by atoms with E-state index in [4.69, 9.17) is 16.3 Å². The summed E-state index contributed by atoms with van der Waals surface area (Å²) in [5.74, 6) is 0.221. The van der Waals surface area contributed by atoms with Crippen molar-refractivity contribution in [3.05, 3.63) is 53.1 Å². The molecule has 2 N–H and O–H groups in total. The lowest BCUT2D eigenvalue weighted by atomic mass is 10.2. The van der Waals surface area contributed by atoms with Crippen LogP contribution in [0, 0.1) is 0 Å². The molecule has 0 saturated carbocycles. The molecule has 2 rings (SSSR count). The van der Waals surface area contributed by atoms with Gasteiger partial charge in [-0.05, 0) is 56.3 Å². The second-order valence-electron chi connectivity index (χ2n) is 5.79. The van der Waals surface area contributed by atoms with Gasteiger partial charge in [0.15, 0.2) is 0 Å². The third-order valence-corrected chi connectivity index (χ3v) is 3.56. The number of carbonyl (C=O) groups excluding carboxylic acids is 1. The molecule has 2 aromatic carbocycles. The molecule has 0 unspecified atom stereocenters. The van der Waals surface area contributed by atoms with Gasteiger partial charge in [0, 0.05) is 11.4 Å². The molecule has 140 valence electrons. The van der Waals surface area contributed by atoms with Gasteiger partial charge in [0.1, 0.15) is 5.75 Å². The molecular formula is C18H18ClF3N2O2. The summed E-state index contributed by atoms with van der Waals surface area (Å²) in [7, 11) is 0. The average Bonchev–Trinajstić information content (AvgIpc) is 2.54. The number of hydrogen-bond donors (Lipinski definition) is 2. The van der Waals surface area contributed by atoms with Crippen LogP contribution in [0.25, 0.3) is 0 Å². The van der Waals surface area contributed by atoms with Gasteiger partial charge in [-0.15, -0.1) is 0 Å². The molecule has 0 aliphatic rings. The van der Waals surface area contributed by atoms with Gasteiger partial charge in [-0.25, -0.2) is 0 Å². The van der Waals surface area contributed by atoms with Crippen LogP contribution < -0.4 is 15.4 Å². The van der Waals surface area contributed by atoms with Crippen LogP contribution in [0.5, 0.6) is 5.75 Å². The maximum Gasteiger partial charge on any atom is 0.417 e. The Hall–Kier alpha value is -2.41. The highest BCUT2D eigenvalue weighted by Crippen LogP contribution is 2.36. The summed E-state index contributed by atoms with van der Waals surface area (Å²) >= 11 is 5.55. The lowest BCUT2D eigenvalue weighted by molar-refractivity contribution is -0.137. The van der Waals surface area contributed by atoms with Crippen LogP contribution in [0.1, 0.15) is 19.4 Å². The second kappa shape index (κ2) is 8.31. The predicted octanol–water partition coefficient (Wildman–Crippen LogP) is 5.20. The van der Waals surface area contributed by atoms with Crippen molar-refractivity contribution in [3.63, 3.8) is 0 Å². The van der Waals surface area contributed by atoms with Gasteiger partial charge in [0.25, 0.3) is 0 Å². The van der Waals surface area contributed by atoms with Gasteiger partial charge in [-0.2, -0.15) is 13.2 Å². The molecule has 0 aliphatic heterocycles. The summed E-state index contributed by atoms with van der Waals surface area (Å²) in [5.41, 5.74) is -0.289. The van der Waals surface area contributed by atoms with Crippen molar-refractivity contribution >= 4 is 28.9 Å². The maximum absolute atomic E-state index is 12.8. The van der Waals surface area contributed by atoms with Crippen LogP contribution in [-0.4, -0.2) is 18.6 Å². The predicted molar refractivity (Wildman–Crippen MR) is 95.8 cm³/mol. The molecule has 26 heavy (non-hydrogen) atoms. The molecule has 0 atom stereocenters. The van der Waals surface area contributed by atoms with E-state index in [2.05, 4.69) is 10.6 Å². The van der Waals surface area contributed by atoms with E-state index >= 15 is 0 Å². The molecule has 0 saturated heterocycles. The normalized spacial score (nSPS) is 11.3. The van der Waals surface area contributed by atoms with E-state index < -0.39 is 22.7 Å². The first-order chi connectivity index (χ1) is 12.1. The van der Waals surface area contributed by atoms with Gasteiger partial charge in [0.05, 0.1) is 23.2 Å². The zero-order chi connectivity index (χ0) is 19.3. The topological polar surface area (TPSA) is 50.4 Å². The number of rotatable bonds is 6. The first kappa shape index (κ1) is 19.9. The Morgan fingerprint density at radius 1 is 1.12 bits per heavy atom. The number of amides is 1. The van der Waals surface area contributed by atoms with Gasteiger partial charge in [-0.1, -0.05) is 11.6 Å². The Kier molecular flexibility index (Phi) is 6.37. The van der Waals surface area contributed by atoms with Crippen LogP contribution in [0.3, 0.4) is 0 Å². The molecule has 0 heterocycles. The number of halogens is 4. The molecule has 0 bridgehead atoms. The average molecular weight is 387 g/mol. The minimum absolute atomic E-state index is 0.0224. The Balaban J connectivity index is 1.93. The molecule has 4 nitrogen and oxygen atoms in total. The number of nitrogens with one attached hydrogen (secondary N) is 2. The minimum Gasteiger partial charge on any atom is -0.491 e. The van der Waals surface area contributed by atoms with E-state index in [1.54, 1.807) is 24.3 Å². The second-order valence-corrected chi connectivity index (χ2v) is 6.19. The molecular weight excluding hydrogens is 369 g/mol. The molecule has 0 radical (unpaired) electrons. The van der Waals surface area contributed by atoms with Crippen LogP contribution in [-0.2, 0) is 11.0 Å². The molecule has 0 fully saturated rings. The van der Waals surface area contributed by atoms with Crippen molar-refractivity contribution in [2.75, 3.05) is 17.2 Å². The van der Waals surface area contributed by atoms with Crippen molar-refractivity contribution < 1.29 is 22.7 Å². The fourth-order valence-corrected chi connectivity index (χ4v) is 2.36. The number of anilines is 2. The van der Waals surface area contributed by atoms with Crippen LogP contribution in [0.2, 0.25) is 5.02 Å². The zero-order valence-corrected chi connectivity index (χ0v) is 14.9. The standard InChI is InChI=1S/C18H18ClF3N2O2/c1-11(2)26-14-6-3-12(4-7-14)23-10-17(25)24-13-5-8-16(19)15(9-13)18(20,21)22/h3-9,11,23H,10H2,1-2H3,(H,24,25). The highest BCUT2D eigenvalue weighted by Gasteiger charge is 2.33. The monoisotopic (exact) mass is 386 g/mol. The van der Waals surface area contributed by atoms with E-state index in [9.17, 15) is 18.0 Å². The SMILES string of the molecule is CC(C)Oc1ccc(NCC(=O)Nc2ccc(Cl)c(C(F)(F)F)c2)cc1. The lowest BCUT2D eigenvalue weighted by Gasteiger charge is -2.13. The third kappa shape index (κ3) is 5.84. The zero-order valence-electron chi connectivity index (χ0n) is 14.2. The number of benzene rings is 2. The van der Waals surface area contributed by atoms with Crippen LogP contribution >= 0.6 is 11.6 Å². The minimum atomic E-state index is -4.59. The number of hydrogen-bond acceptors (Lipinski definition) is 3. The summed E-state index contributed by atoms with van der Waals surface area (Å²) in [5, 5.41) is 4.87. The van der Waals surface area contributed by atoms with E-state index in [1.165, 1.54) is 6.07 Å². The number of alkyl halides is 3. The van der Waals surface area contributed by atoms with Crippen LogP contribution in [0.4, 0.5) is 24.5 Å². The third-order valence-electron chi connectivity index (χ3n) is 3.23. The lowest BCUT2D eigenvalue weighted by Crippen LogP contribution is -2.22. The summed E-state index contributed by atoms with van der Waals surface area (Å²) in [6.45, 7) is 3.73. The van der Waals surface area contributed by atoms with Crippen molar-refractivity contribution in [1.29, 1.82) is 0 Å². The molecule has 8 heteroatoms. The molecule has 2 aromatic rings. The molecule has 0 aliphatic carbocycles. The summed E-state index contributed by atoms with van der Waals surface area (Å²) in [4.78, 5) is 11.9. The molecule has 0 spiro atoms. The van der Waals surface area contributed by atoms with Gasteiger partial charge in [0.2, 0.25) is 5.91 Å². The Morgan fingerprint density at radius 3 is 2.31 bits per heavy atom. The van der Waals surface area contributed by atoms with Crippen molar-refractivity contribution in [2.24, 2.45) is 0 Å². The van der Waals surface area contributed by atoms with E-state index in [-0.39, 0.29) is 18.3 Å². The van der Waals surface area contributed by atoms with E-state index in [0.717, 1.165) is 12.1 Å². The first-order valence-electron chi connectivity index (χ1n) is 7.82. The fraction of sp³-hybridized carbons (Fsp3) is 0.278. The van der Waals surface area contributed by atoms with Crippen molar-refractivity contribution in [2.45, 2.75) is 26.1 Å². The summed E-state index contributed by atoms with van der Waals surface area (Å²) in [6.07, 6.45) is -4.53. The first-order valence-corrected chi connectivity index (χ1v) is 8.20. The van der Waals surface area contributed by atoms with Gasteiger partial charge >= 0.3 is 6.18 Å². The maximum atomic E-state index is 12.8. The molecule has 0 aromatic heterocycles. The van der Waals surface area contributed by atoms with Crippen molar-refractivity contribution in [3.8, 4) is 5.75 Å². The van der Waals surface area contributed by atoms with Crippen molar-refractivity contribution in [1.82, 2.24) is 0 Å². The van der Waals surface area contributed by atoms with Gasteiger partial charge in [-0.3, -0.25) is 4.79 Å². The van der Waals surface area contributed by atoms with E-state index in [1.807, 2.05) is 13.8 Å².